The molecule has 20 heavy (non-hydrogen) atoms. The Bertz CT molecular complexity index is 612. The summed E-state index contributed by atoms with van der Waals surface area (Å²) in [6, 6.07) is 13.1. The van der Waals surface area contributed by atoms with Gasteiger partial charge in [0.2, 0.25) is 5.91 Å². The minimum Gasteiger partial charge on any atom is -0.497 e. The molecule has 0 aliphatic rings. The Kier molecular flexibility index (Phi) is 5.20. The summed E-state index contributed by atoms with van der Waals surface area (Å²) in [6.07, 6.45) is 0.330. The van der Waals surface area contributed by atoms with Gasteiger partial charge in [-0.3, -0.25) is 4.79 Å². The van der Waals surface area contributed by atoms with Crippen LogP contribution in [0, 0.1) is 0 Å². The van der Waals surface area contributed by atoms with Gasteiger partial charge in [-0.2, -0.15) is 0 Å². The zero-order valence-electron chi connectivity index (χ0n) is 10.8. The van der Waals surface area contributed by atoms with E-state index in [9.17, 15) is 4.79 Å². The molecule has 104 valence electrons. The number of methoxy groups -OCH3 is 1. The zero-order chi connectivity index (χ0) is 14.5. The van der Waals surface area contributed by atoms with Crippen molar-refractivity contribution in [3.05, 3.63) is 57.0 Å². The quantitative estimate of drug-likeness (QED) is 0.828. The molecule has 0 bridgehead atoms. The monoisotopic (exact) mass is 397 g/mol. The Labute approximate surface area is 134 Å². The number of anilines is 1. The summed E-state index contributed by atoms with van der Waals surface area (Å²) < 4.78 is 6.96. The molecule has 2 aromatic carbocycles. The molecule has 0 aromatic heterocycles. The number of carbonyl (C=O) groups is 1. The maximum absolute atomic E-state index is 12.0. The summed E-state index contributed by atoms with van der Waals surface area (Å²) in [5.74, 6) is 0.633. The average Bonchev–Trinajstić information content (AvgIpc) is 2.44. The van der Waals surface area contributed by atoms with Gasteiger partial charge in [0.15, 0.2) is 0 Å². The molecule has 0 spiro atoms. The van der Waals surface area contributed by atoms with Gasteiger partial charge in [0, 0.05) is 15.0 Å². The van der Waals surface area contributed by atoms with E-state index in [1.165, 1.54) is 0 Å². The lowest BCUT2D eigenvalue weighted by Crippen LogP contribution is -2.14. The summed E-state index contributed by atoms with van der Waals surface area (Å²) in [4.78, 5) is 12.0. The maximum atomic E-state index is 12.0. The van der Waals surface area contributed by atoms with Crippen LogP contribution in [0.1, 0.15) is 5.56 Å². The van der Waals surface area contributed by atoms with E-state index in [1.807, 2.05) is 36.4 Å². The van der Waals surface area contributed by atoms with Gasteiger partial charge < -0.3 is 10.1 Å². The molecular weight excluding hydrogens is 386 g/mol. The lowest BCUT2D eigenvalue weighted by atomic mass is 10.1. The zero-order valence-corrected chi connectivity index (χ0v) is 14.0. The number of benzene rings is 2. The molecule has 1 amide bonds. The summed E-state index contributed by atoms with van der Waals surface area (Å²) in [5, 5.41) is 2.87. The van der Waals surface area contributed by atoms with Crippen molar-refractivity contribution < 1.29 is 9.53 Å². The summed E-state index contributed by atoms with van der Waals surface area (Å²) in [5.41, 5.74) is 1.66. The van der Waals surface area contributed by atoms with Gasteiger partial charge in [-0.1, -0.05) is 28.1 Å². The van der Waals surface area contributed by atoms with Crippen molar-refractivity contribution in [3.63, 3.8) is 0 Å². The summed E-state index contributed by atoms with van der Waals surface area (Å²) in [7, 11) is 1.59. The first kappa shape index (κ1) is 15.1. The highest BCUT2D eigenvalue weighted by Gasteiger charge is 2.08. The highest BCUT2D eigenvalue weighted by Crippen LogP contribution is 2.27. The van der Waals surface area contributed by atoms with E-state index in [-0.39, 0.29) is 5.91 Å². The van der Waals surface area contributed by atoms with E-state index in [0.717, 1.165) is 14.5 Å². The third kappa shape index (κ3) is 4.08. The van der Waals surface area contributed by atoms with Crippen LogP contribution >= 0.6 is 31.9 Å². The standard InChI is InChI=1S/C15H13Br2NO2/c1-20-12-6-7-13(17)14(9-12)18-15(19)8-10-2-4-11(16)5-3-10/h2-7,9H,8H2,1H3,(H,18,19). The third-order valence-electron chi connectivity index (χ3n) is 2.73. The van der Waals surface area contributed by atoms with Crippen molar-refractivity contribution in [1.29, 1.82) is 0 Å². The van der Waals surface area contributed by atoms with E-state index in [4.69, 9.17) is 4.74 Å². The second kappa shape index (κ2) is 6.90. The van der Waals surface area contributed by atoms with Crippen molar-refractivity contribution in [1.82, 2.24) is 0 Å². The van der Waals surface area contributed by atoms with Crippen molar-refractivity contribution in [2.75, 3.05) is 12.4 Å². The lowest BCUT2D eigenvalue weighted by Gasteiger charge is -2.09. The number of nitrogens with one attached hydrogen (secondary N) is 1. The number of amides is 1. The number of rotatable bonds is 4. The van der Waals surface area contributed by atoms with Crippen LogP contribution in [-0.4, -0.2) is 13.0 Å². The summed E-state index contributed by atoms with van der Waals surface area (Å²) in [6.45, 7) is 0. The molecule has 0 fully saturated rings. The average molecular weight is 399 g/mol. The van der Waals surface area contributed by atoms with Gasteiger partial charge in [-0.25, -0.2) is 0 Å². The van der Waals surface area contributed by atoms with Crippen molar-refractivity contribution in [2.24, 2.45) is 0 Å². The minimum atomic E-state index is -0.0683. The van der Waals surface area contributed by atoms with Gasteiger partial charge in [0.1, 0.15) is 5.75 Å². The van der Waals surface area contributed by atoms with Gasteiger partial charge in [-0.15, -0.1) is 0 Å². The van der Waals surface area contributed by atoms with Gasteiger partial charge in [0.05, 0.1) is 19.2 Å². The Balaban J connectivity index is 2.06. The molecule has 0 saturated heterocycles. The fraction of sp³-hybridized carbons (Fsp3) is 0.133. The number of halogens is 2. The highest BCUT2D eigenvalue weighted by atomic mass is 79.9. The molecule has 0 saturated carbocycles. The van der Waals surface area contributed by atoms with Crippen LogP contribution in [0.2, 0.25) is 0 Å². The molecule has 0 heterocycles. The molecule has 0 unspecified atom stereocenters. The first-order valence-corrected chi connectivity index (χ1v) is 7.55. The number of carbonyl (C=O) groups excluding carboxylic acids is 1. The number of ether oxygens (including phenoxy) is 1. The Morgan fingerprint density at radius 1 is 1.15 bits per heavy atom. The van der Waals surface area contributed by atoms with Crippen LogP contribution < -0.4 is 10.1 Å². The highest BCUT2D eigenvalue weighted by molar-refractivity contribution is 9.10. The first-order valence-electron chi connectivity index (χ1n) is 5.96. The van der Waals surface area contributed by atoms with Gasteiger partial charge >= 0.3 is 0 Å². The predicted molar refractivity (Wildman–Crippen MR) is 87.2 cm³/mol. The van der Waals surface area contributed by atoms with Crippen molar-refractivity contribution >= 4 is 43.5 Å². The molecule has 0 aliphatic carbocycles. The Morgan fingerprint density at radius 3 is 2.50 bits per heavy atom. The largest absolute Gasteiger partial charge is 0.497 e. The molecule has 1 N–H and O–H groups in total. The molecule has 0 aliphatic heterocycles. The smallest absolute Gasteiger partial charge is 0.228 e. The Morgan fingerprint density at radius 2 is 1.85 bits per heavy atom. The van der Waals surface area contributed by atoms with Gasteiger partial charge in [0.25, 0.3) is 0 Å². The topological polar surface area (TPSA) is 38.3 Å². The fourth-order valence-corrected chi connectivity index (χ4v) is 2.32. The van der Waals surface area contributed by atoms with Gasteiger partial charge in [-0.05, 0) is 45.8 Å². The normalized spacial score (nSPS) is 10.2. The molecule has 2 rings (SSSR count). The molecular formula is C15H13Br2NO2. The van der Waals surface area contributed by atoms with E-state index < -0.39 is 0 Å². The van der Waals surface area contributed by atoms with Crippen LogP contribution in [-0.2, 0) is 11.2 Å². The van der Waals surface area contributed by atoms with Crippen LogP contribution in [0.25, 0.3) is 0 Å². The molecule has 5 heteroatoms. The third-order valence-corrected chi connectivity index (χ3v) is 3.95. The summed E-state index contributed by atoms with van der Waals surface area (Å²) >= 11 is 6.78. The maximum Gasteiger partial charge on any atom is 0.228 e. The van der Waals surface area contributed by atoms with Crippen molar-refractivity contribution in [3.8, 4) is 5.75 Å². The molecule has 2 aromatic rings. The van der Waals surface area contributed by atoms with Crippen LogP contribution in [0.4, 0.5) is 5.69 Å². The van der Waals surface area contributed by atoms with Crippen LogP contribution in [0.3, 0.4) is 0 Å². The van der Waals surface area contributed by atoms with E-state index in [0.29, 0.717) is 17.9 Å². The second-order valence-corrected chi connectivity index (χ2v) is 5.97. The van der Waals surface area contributed by atoms with E-state index >= 15 is 0 Å². The molecule has 3 nitrogen and oxygen atoms in total. The minimum absolute atomic E-state index is 0.0683. The van der Waals surface area contributed by atoms with Crippen molar-refractivity contribution in [2.45, 2.75) is 6.42 Å². The van der Waals surface area contributed by atoms with Crippen LogP contribution in [0.15, 0.2) is 51.4 Å². The second-order valence-electron chi connectivity index (χ2n) is 4.20. The molecule has 0 atom stereocenters. The molecule has 0 radical (unpaired) electrons. The van der Waals surface area contributed by atoms with E-state index in [2.05, 4.69) is 37.2 Å². The fourth-order valence-electron chi connectivity index (χ4n) is 1.71. The first-order chi connectivity index (χ1) is 9.58. The lowest BCUT2D eigenvalue weighted by molar-refractivity contribution is -0.115. The predicted octanol–water partition coefficient (Wildman–Crippen LogP) is 4.40. The van der Waals surface area contributed by atoms with E-state index in [1.54, 1.807) is 13.2 Å². The SMILES string of the molecule is COc1ccc(Br)c(NC(=O)Cc2ccc(Br)cc2)c1. The Hall–Kier alpha value is -1.33. The number of hydrogen-bond donors (Lipinski definition) is 1. The number of hydrogen-bond acceptors (Lipinski definition) is 2. The van der Waals surface area contributed by atoms with Crippen LogP contribution in [0.5, 0.6) is 5.75 Å².